The van der Waals surface area contributed by atoms with Gasteiger partial charge in [0.1, 0.15) is 0 Å². The molecule has 23 heavy (non-hydrogen) atoms. The largest absolute Gasteiger partial charge is 0.399 e. The zero-order valence-corrected chi connectivity index (χ0v) is 14.6. The van der Waals surface area contributed by atoms with Crippen LogP contribution in [0, 0.1) is 0 Å². The molecule has 0 bridgehead atoms. The molecule has 0 aliphatic heterocycles. The number of aryl methyl sites for hydroxylation is 1. The Bertz CT molecular complexity index is 604. The van der Waals surface area contributed by atoms with Gasteiger partial charge in [-0.25, -0.2) is 0 Å². The molecule has 0 aliphatic carbocycles. The van der Waals surface area contributed by atoms with E-state index in [4.69, 9.17) is 11.5 Å². The van der Waals surface area contributed by atoms with E-state index in [-0.39, 0.29) is 0 Å². The maximum absolute atomic E-state index is 6.03. The Kier molecular flexibility index (Phi) is 7.25. The van der Waals surface area contributed by atoms with E-state index >= 15 is 0 Å². The van der Waals surface area contributed by atoms with Gasteiger partial charge in [0.15, 0.2) is 0 Å². The van der Waals surface area contributed by atoms with Gasteiger partial charge in [0.05, 0.1) is 0 Å². The summed E-state index contributed by atoms with van der Waals surface area (Å²) in [6.07, 6.45) is 13.5. The van der Waals surface area contributed by atoms with Crippen molar-refractivity contribution >= 4 is 22.1 Å². The molecule has 0 atom stereocenters. The molecule has 2 aromatic carbocycles. The summed E-state index contributed by atoms with van der Waals surface area (Å²) in [6.45, 7) is 2.27. The molecular weight excluding hydrogens is 280 g/mol. The number of nitrogens with two attached hydrogens (primary N) is 2. The number of nitrogen functional groups attached to an aromatic ring is 2. The average molecular weight is 313 g/mol. The number of anilines is 2. The minimum atomic E-state index is 0.746. The van der Waals surface area contributed by atoms with Crippen molar-refractivity contribution in [2.75, 3.05) is 11.5 Å². The number of benzene rings is 2. The lowest BCUT2D eigenvalue weighted by atomic mass is 10.0. The number of unbranched alkanes of at least 4 members (excludes halogenated alkanes) is 8. The van der Waals surface area contributed by atoms with Gasteiger partial charge in [-0.15, -0.1) is 0 Å². The summed E-state index contributed by atoms with van der Waals surface area (Å²) in [5, 5.41) is 2.27. The van der Waals surface area contributed by atoms with E-state index in [2.05, 4.69) is 25.1 Å². The van der Waals surface area contributed by atoms with Crippen LogP contribution in [0.5, 0.6) is 0 Å². The molecule has 0 saturated carbocycles. The second-order valence-electron chi connectivity index (χ2n) is 6.74. The smallest absolute Gasteiger partial charge is 0.0414 e. The fourth-order valence-electron chi connectivity index (χ4n) is 3.27. The molecule has 4 N–H and O–H groups in total. The van der Waals surface area contributed by atoms with Crippen molar-refractivity contribution in [3.8, 4) is 0 Å². The minimum Gasteiger partial charge on any atom is -0.399 e. The molecule has 0 aliphatic rings. The summed E-state index contributed by atoms with van der Waals surface area (Å²) in [5.41, 5.74) is 14.8. The Balaban J connectivity index is 1.71. The first kappa shape index (κ1) is 17.7. The van der Waals surface area contributed by atoms with Gasteiger partial charge in [0.2, 0.25) is 0 Å². The van der Waals surface area contributed by atoms with Gasteiger partial charge in [0.25, 0.3) is 0 Å². The molecule has 0 spiro atoms. The molecule has 2 rings (SSSR count). The van der Waals surface area contributed by atoms with Crippen LogP contribution in [0.15, 0.2) is 30.3 Å². The van der Waals surface area contributed by atoms with E-state index in [9.17, 15) is 0 Å². The third-order valence-electron chi connectivity index (χ3n) is 4.64. The van der Waals surface area contributed by atoms with Crippen LogP contribution in [0.25, 0.3) is 10.8 Å². The average Bonchev–Trinajstić information content (AvgIpc) is 2.53. The Morgan fingerprint density at radius 2 is 1.39 bits per heavy atom. The molecule has 0 unspecified atom stereocenters. The summed E-state index contributed by atoms with van der Waals surface area (Å²) in [7, 11) is 0. The topological polar surface area (TPSA) is 52.0 Å². The lowest BCUT2D eigenvalue weighted by Gasteiger charge is -2.07. The number of hydrogen-bond donors (Lipinski definition) is 2. The van der Waals surface area contributed by atoms with Crippen LogP contribution < -0.4 is 11.5 Å². The van der Waals surface area contributed by atoms with Gasteiger partial charge >= 0.3 is 0 Å². The predicted octanol–water partition coefficient (Wildman–Crippen LogP) is 6.08. The minimum absolute atomic E-state index is 0.746. The maximum atomic E-state index is 6.03. The van der Waals surface area contributed by atoms with Crippen molar-refractivity contribution in [1.29, 1.82) is 0 Å². The highest BCUT2D eigenvalue weighted by atomic mass is 14.6. The zero-order valence-electron chi connectivity index (χ0n) is 14.6. The highest BCUT2D eigenvalue weighted by Gasteiger charge is 2.02. The second kappa shape index (κ2) is 9.44. The Morgan fingerprint density at radius 3 is 2.09 bits per heavy atom. The first-order chi connectivity index (χ1) is 11.2. The van der Waals surface area contributed by atoms with Crippen LogP contribution in [0.2, 0.25) is 0 Å². The number of rotatable bonds is 10. The zero-order chi connectivity index (χ0) is 16.5. The third-order valence-corrected chi connectivity index (χ3v) is 4.64. The van der Waals surface area contributed by atoms with Gasteiger partial charge in [0, 0.05) is 16.8 Å². The first-order valence-electron chi connectivity index (χ1n) is 9.28. The summed E-state index contributed by atoms with van der Waals surface area (Å²) in [4.78, 5) is 0. The molecule has 0 saturated heterocycles. The quantitative estimate of drug-likeness (QED) is 0.413. The van der Waals surface area contributed by atoms with E-state index in [1.165, 1.54) is 63.4 Å². The second-order valence-corrected chi connectivity index (χ2v) is 6.74. The summed E-state index contributed by atoms with van der Waals surface area (Å²) in [6, 6.07) is 10.4. The molecule has 0 radical (unpaired) electrons. The molecule has 126 valence electrons. The van der Waals surface area contributed by atoms with Crippen LogP contribution in [-0.4, -0.2) is 0 Å². The molecule has 2 aromatic rings. The summed E-state index contributed by atoms with van der Waals surface area (Å²) in [5.74, 6) is 0. The van der Waals surface area contributed by atoms with Crippen LogP contribution in [0.3, 0.4) is 0 Å². The van der Waals surface area contributed by atoms with Crippen molar-refractivity contribution < 1.29 is 0 Å². The number of hydrogen-bond acceptors (Lipinski definition) is 2. The van der Waals surface area contributed by atoms with Gasteiger partial charge in [-0.2, -0.15) is 0 Å². The van der Waals surface area contributed by atoms with E-state index < -0.39 is 0 Å². The normalized spacial score (nSPS) is 11.2. The molecule has 0 amide bonds. The predicted molar refractivity (Wildman–Crippen MR) is 104 cm³/mol. The molecule has 2 heteroatoms. The van der Waals surface area contributed by atoms with Crippen molar-refractivity contribution in [1.82, 2.24) is 0 Å². The lowest BCUT2D eigenvalue weighted by Crippen LogP contribution is -1.93. The van der Waals surface area contributed by atoms with Crippen molar-refractivity contribution in [3.05, 3.63) is 35.9 Å². The highest BCUT2D eigenvalue weighted by molar-refractivity contribution is 5.95. The fraction of sp³-hybridized carbons (Fsp3) is 0.524. The SMILES string of the molecule is CCCCCCCCCCCc1ccc2c(N)cc(N)cc2c1. The Labute approximate surface area is 141 Å². The van der Waals surface area contributed by atoms with E-state index in [0.29, 0.717) is 0 Å². The standard InChI is InChI=1S/C21H32N2/c1-2-3-4-5-6-7-8-9-10-11-17-12-13-20-18(14-17)15-19(22)16-21(20)23/h12-16H,2-11,22-23H2,1H3. The van der Waals surface area contributed by atoms with Crippen LogP contribution >= 0.6 is 0 Å². The van der Waals surface area contributed by atoms with Crippen molar-refractivity contribution in [2.24, 2.45) is 0 Å². The first-order valence-corrected chi connectivity index (χ1v) is 9.28. The molecule has 0 heterocycles. The Morgan fingerprint density at radius 1 is 0.739 bits per heavy atom. The van der Waals surface area contributed by atoms with E-state index in [0.717, 1.165) is 28.6 Å². The van der Waals surface area contributed by atoms with Crippen LogP contribution in [0.1, 0.15) is 70.3 Å². The van der Waals surface area contributed by atoms with Gasteiger partial charge in [-0.05, 0) is 35.9 Å². The summed E-state index contributed by atoms with van der Waals surface area (Å²) >= 11 is 0. The fourth-order valence-corrected chi connectivity index (χ4v) is 3.27. The molecule has 0 fully saturated rings. The number of fused-ring (bicyclic) bond motifs is 1. The van der Waals surface area contributed by atoms with Crippen molar-refractivity contribution in [2.45, 2.75) is 71.1 Å². The summed E-state index contributed by atoms with van der Waals surface area (Å²) < 4.78 is 0. The van der Waals surface area contributed by atoms with Gasteiger partial charge < -0.3 is 11.5 Å². The van der Waals surface area contributed by atoms with Crippen molar-refractivity contribution in [3.63, 3.8) is 0 Å². The van der Waals surface area contributed by atoms with Gasteiger partial charge in [-0.3, -0.25) is 0 Å². The molecule has 2 nitrogen and oxygen atoms in total. The third kappa shape index (κ3) is 5.78. The van der Waals surface area contributed by atoms with Crippen LogP contribution in [-0.2, 0) is 6.42 Å². The molecule has 0 aromatic heterocycles. The highest BCUT2D eigenvalue weighted by Crippen LogP contribution is 2.26. The molecular formula is C21H32N2. The monoisotopic (exact) mass is 312 g/mol. The van der Waals surface area contributed by atoms with E-state index in [1.54, 1.807) is 0 Å². The van der Waals surface area contributed by atoms with Crippen LogP contribution in [0.4, 0.5) is 11.4 Å². The Hall–Kier alpha value is -1.70. The van der Waals surface area contributed by atoms with Gasteiger partial charge in [-0.1, -0.05) is 76.5 Å². The van der Waals surface area contributed by atoms with E-state index in [1.807, 2.05) is 12.1 Å². The maximum Gasteiger partial charge on any atom is 0.0414 e. The lowest BCUT2D eigenvalue weighted by molar-refractivity contribution is 0.565.